The third-order valence-electron chi connectivity index (χ3n) is 2.59. The molecule has 0 amide bonds. The predicted molar refractivity (Wildman–Crippen MR) is 76.1 cm³/mol. The third kappa shape index (κ3) is 2.47. The minimum Gasteiger partial charge on any atom is -0.464 e. The molecule has 94 valence electrons. The summed E-state index contributed by atoms with van der Waals surface area (Å²) in [6.07, 6.45) is 0. The second kappa shape index (κ2) is 5.20. The van der Waals surface area contributed by atoms with Crippen LogP contribution in [0.3, 0.4) is 0 Å². The molecule has 18 heavy (non-hydrogen) atoms. The second-order valence-corrected chi connectivity index (χ2v) is 5.99. The van der Waals surface area contributed by atoms with Gasteiger partial charge in [-0.3, -0.25) is 0 Å². The van der Waals surface area contributed by atoms with Crippen molar-refractivity contribution in [1.82, 2.24) is 4.98 Å². The summed E-state index contributed by atoms with van der Waals surface area (Å²) < 4.78 is 5.75. The van der Waals surface area contributed by atoms with Gasteiger partial charge in [0.25, 0.3) is 0 Å². The number of nitrogens with zero attached hydrogens (tertiary/aromatic N) is 1. The van der Waals surface area contributed by atoms with Crippen molar-refractivity contribution in [2.45, 2.75) is 13.8 Å². The minimum absolute atomic E-state index is 0.384. The zero-order valence-electron chi connectivity index (χ0n) is 10.3. The Morgan fingerprint density at radius 1 is 1.39 bits per heavy atom. The number of benzene rings is 1. The zero-order chi connectivity index (χ0) is 13.3. The first-order valence-electron chi connectivity index (χ1n) is 5.35. The van der Waals surface area contributed by atoms with Gasteiger partial charge in [0.05, 0.1) is 7.11 Å². The molecule has 3 nitrogen and oxygen atoms in total. The number of methoxy groups -OCH3 is 1. The van der Waals surface area contributed by atoms with Gasteiger partial charge in [0, 0.05) is 14.9 Å². The van der Waals surface area contributed by atoms with E-state index in [1.807, 2.05) is 32.0 Å². The van der Waals surface area contributed by atoms with Crippen molar-refractivity contribution in [2.75, 3.05) is 7.11 Å². The van der Waals surface area contributed by atoms with Crippen molar-refractivity contribution < 1.29 is 9.53 Å². The highest BCUT2D eigenvalue weighted by atomic mass is 79.9. The standard InChI is InChI=1S/C13H12BrNO2S/c1-7-6-9(14)4-5-10(7)12-15-11(8(2)18-12)13(16)17-3/h4-6H,1-3H3. The van der Waals surface area contributed by atoms with Crippen LogP contribution in [0.25, 0.3) is 10.6 Å². The maximum absolute atomic E-state index is 11.5. The van der Waals surface area contributed by atoms with Crippen LogP contribution in [0.5, 0.6) is 0 Å². The number of hydrogen-bond acceptors (Lipinski definition) is 4. The first kappa shape index (κ1) is 13.2. The Labute approximate surface area is 118 Å². The molecule has 5 heteroatoms. The molecule has 1 aromatic heterocycles. The maximum Gasteiger partial charge on any atom is 0.357 e. The molecule has 0 saturated heterocycles. The summed E-state index contributed by atoms with van der Waals surface area (Å²) in [5, 5.41) is 0.845. The van der Waals surface area contributed by atoms with Gasteiger partial charge >= 0.3 is 5.97 Å². The quantitative estimate of drug-likeness (QED) is 0.784. The summed E-state index contributed by atoms with van der Waals surface area (Å²) in [5.41, 5.74) is 2.57. The molecule has 0 aliphatic carbocycles. The molecule has 2 aromatic rings. The van der Waals surface area contributed by atoms with Gasteiger partial charge in [-0.05, 0) is 31.5 Å². The average molecular weight is 326 g/mol. The van der Waals surface area contributed by atoms with Crippen LogP contribution in [-0.2, 0) is 4.74 Å². The molecule has 0 unspecified atom stereocenters. The number of thiazole rings is 1. The van der Waals surface area contributed by atoms with Crippen molar-refractivity contribution in [2.24, 2.45) is 0 Å². The largest absolute Gasteiger partial charge is 0.464 e. The van der Waals surface area contributed by atoms with E-state index < -0.39 is 0 Å². The first-order chi connectivity index (χ1) is 8.52. The summed E-state index contributed by atoms with van der Waals surface area (Å²) in [5.74, 6) is -0.384. The van der Waals surface area contributed by atoms with Gasteiger partial charge < -0.3 is 4.74 Å². The van der Waals surface area contributed by atoms with Gasteiger partial charge in [0.15, 0.2) is 5.69 Å². The second-order valence-electron chi connectivity index (χ2n) is 3.87. The predicted octanol–water partition coefficient (Wildman–Crippen LogP) is 3.98. The summed E-state index contributed by atoms with van der Waals surface area (Å²) in [6.45, 7) is 3.90. The first-order valence-corrected chi connectivity index (χ1v) is 6.96. The highest BCUT2D eigenvalue weighted by Crippen LogP contribution is 2.31. The van der Waals surface area contributed by atoms with E-state index in [-0.39, 0.29) is 5.97 Å². The average Bonchev–Trinajstić information content (AvgIpc) is 2.70. The third-order valence-corrected chi connectivity index (χ3v) is 4.09. The Balaban J connectivity index is 2.49. The van der Waals surface area contributed by atoms with Crippen molar-refractivity contribution in [3.8, 4) is 10.6 Å². The molecule has 0 fully saturated rings. The number of esters is 1. The van der Waals surface area contributed by atoms with E-state index in [1.165, 1.54) is 18.4 Å². The van der Waals surface area contributed by atoms with E-state index in [9.17, 15) is 4.79 Å². The lowest BCUT2D eigenvalue weighted by molar-refractivity contribution is 0.0594. The fourth-order valence-corrected chi connectivity index (χ4v) is 3.13. The van der Waals surface area contributed by atoms with Gasteiger partial charge in [-0.1, -0.05) is 22.0 Å². The Morgan fingerprint density at radius 3 is 2.72 bits per heavy atom. The van der Waals surface area contributed by atoms with Gasteiger partial charge in [0.2, 0.25) is 0 Å². The van der Waals surface area contributed by atoms with E-state index >= 15 is 0 Å². The molecule has 1 aromatic carbocycles. The van der Waals surface area contributed by atoms with E-state index in [0.717, 1.165) is 25.5 Å². The van der Waals surface area contributed by atoms with Crippen LogP contribution < -0.4 is 0 Å². The zero-order valence-corrected chi connectivity index (χ0v) is 12.7. The molecule has 2 rings (SSSR count). The number of aryl methyl sites for hydroxylation is 2. The molecule has 0 aliphatic rings. The lowest BCUT2D eigenvalue weighted by Gasteiger charge is -2.02. The maximum atomic E-state index is 11.5. The molecular formula is C13H12BrNO2S. The molecule has 0 N–H and O–H groups in total. The number of hydrogen-bond donors (Lipinski definition) is 0. The molecular weight excluding hydrogens is 314 g/mol. The monoisotopic (exact) mass is 325 g/mol. The van der Waals surface area contributed by atoms with Crippen LogP contribution in [-0.4, -0.2) is 18.1 Å². The molecule has 0 aliphatic heterocycles. The number of ether oxygens (including phenoxy) is 1. The highest BCUT2D eigenvalue weighted by molar-refractivity contribution is 9.10. The Kier molecular flexibility index (Phi) is 3.82. The van der Waals surface area contributed by atoms with E-state index in [0.29, 0.717) is 5.69 Å². The number of carbonyl (C=O) groups excluding carboxylic acids is 1. The van der Waals surface area contributed by atoms with Crippen LogP contribution in [0, 0.1) is 13.8 Å². The van der Waals surface area contributed by atoms with Crippen LogP contribution in [0.15, 0.2) is 22.7 Å². The van der Waals surface area contributed by atoms with Gasteiger partial charge in [0.1, 0.15) is 5.01 Å². The summed E-state index contributed by atoms with van der Waals surface area (Å²) in [4.78, 5) is 16.8. The van der Waals surface area contributed by atoms with Crippen LogP contribution in [0.1, 0.15) is 20.9 Å². The molecule has 0 radical (unpaired) electrons. The molecule has 0 saturated carbocycles. The molecule has 0 spiro atoms. The normalized spacial score (nSPS) is 10.4. The van der Waals surface area contributed by atoms with Crippen molar-refractivity contribution in [3.05, 3.63) is 38.8 Å². The fraction of sp³-hybridized carbons (Fsp3) is 0.231. The van der Waals surface area contributed by atoms with Gasteiger partial charge in [-0.15, -0.1) is 11.3 Å². The number of halogens is 1. The van der Waals surface area contributed by atoms with E-state index in [4.69, 9.17) is 4.74 Å². The van der Waals surface area contributed by atoms with Crippen LogP contribution in [0.4, 0.5) is 0 Å². The summed E-state index contributed by atoms with van der Waals surface area (Å²) in [6, 6.07) is 6.00. The molecule has 0 atom stereocenters. The Bertz CT molecular complexity index is 607. The smallest absolute Gasteiger partial charge is 0.357 e. The van der Waals surface area contributed by atoms with Gasteiger partial charge in [-0.25, -0.2) is 9.78 Å². The van der Waals surface area contributed by atoms with Crippen molar-refractivity contribution in [1.29, 1.82) is 0 Å². The Hall–Kier alpha value is -1.20. The number of carbonyl (C=O) groups is 1. The van der Waals surface area contributed by atoms with E-state index in [2.05, 4.69) is 20.9 Å². The Morgan fingerprint density at radius 2 is 2.11 bits per heavy atom. The van der Waals surface area contributed by atoms with Crippen LogP contribution >= 0.6 is 27.3 Å². The van der Waals surface area contributed by atoms with Crippen molar-refractivity contribution in [3.63, 3.8) is 0 Å². The van der Waals surface area contributed by atoms with Crippen molar-refractivity contribution >= 4 is 33.2 Å². The topological polar surface area (TPSA) is 39.2 Å². The number of rotatable bonds is 2. The lowest BCUT2D eigenvalue weighted by Crippen LogP contribution is -2.03. The molecule has 0 bridgehead atoms. The summed E-state index contributed by atoms with van der Waals surface area (Å²) in [7, 11) is 1.37. The van der Waals surface area contributed by atoms with E-state index in [1.54, 1.807) is 0 Å². The van der Waals surface area contributed by atoms with Crippen LogP contribution in [0.2, 0.25) is 0 Å². The fourth-order valence-electron chi connectivity index (χ4n) is 1.66. The minimum atomic E-state index is -0.384. The number of aromatic nitrogens is 1. The molecule has 1 heterocycles. The summed E-state index contributed by atoms with van der Waals surface area (Å²) >= 11 is 4.94. The SMILES string of the molecule is COC(=O)c1nc(-c2ccc(Br)cc2C)sc1C. The highest BCUT2D eigenvalue weighted by Gasteiger charge is 2.17. The van der Waals surface area contributed by atoms with Gasteiger partial charge in [-0.2, -0.15) is 0 Å². The lowest BCUT2D eigenvalue weighted by atomic mass is 10.1.